The summed E-state index contributed by atoms with van der Waals surface area (Å²) in [6, 6.07) is 3.20. The fourth-order valence-electron chi connectivity index (χ4n) is 2.32. The maximum Gasteiger partial charge on any atom is 0.358 e. The number of hydrogen-bond donors (Lipinski definition) is 1. The van der Waals surface area contributed by atoms with E-state index in [0.29, 0.717) is 36.9 Å². The van der Waals surface area contributed by atoms with Gasteiger partial charge in [-0.15, -0.1) is 0 Å². The van der Waals surface area contributed by atoms with Crippen LogP contribution in [-0.4, -0.2) is 29.4 Å². The van der Waals surface area contributed by atoms with E-state index in [1.54, 1.807) is 6.07 Å². The van der Waals surface area contributed by atoms with Crippen LogP contribution < -0.4 is 9.47 Å². The van der Waals surface area contributed by atoms with Gasteiger partial charge < -0.3 is 19.1 Å². The van der Waals surface area contributed by atoms with Gasteiger partial charge in [0.1, 0.15) is 13.2 Å². The van der Waals surface area contributed by atoms with Crippen LogP contribution in [0.3, 0.4) is 0 Å². The van der Waals surface area contributed by atoms with Gasteiger partial charge >= 0.3 is 5.97 Å². The van der Waals surface area contributed by atoms with Gasteiger partial charge in [0, 0.05) is 21.7 Å². The van der Waals surface area contributed by atoms with E-state index in [1.807, 2.05) is 6.92 Å². The Morgan fingerprint density at radius 2 is 2.14 bits per heavy atom. The molecule has 110 valence electrons. The molecule has 0 radical (unpaired) electrons. The molecule has 0 saturated heterocycles. The van der Waals surface area contributed by atoms with Gasteiger partial charge in [-0.2, -0.15) is 0 Å². The highest BCUT2D eigenvalue weighted by atomic mass is 79.9. The lowest BCUT2D eigenvalue weighted by molar-refractivity contribution is 0.0686. The van der Waals surface area contributed by atoms with E-state index in [4.69, 9.17) is 19.1 Å². The van der Waals surface area contributed by atoms with Gasteiger partial charge in [0.2, 0.25) is 0 Å². The van der Waals surface area contributed by atoms with E-state index in [9.17, 15) is 4.79 Å². The second-order valence-electron chi connectivity index (χ2n) is 4.47. The average Bonchev–Trinajstić information content (AvgIpc) is 2.95. The molecular weight excluding hydrogens is 342 g/mol. The number of fused-ring (bicyclic) bond motifs is 1. The molecule has 21 heavy (non-hydrogen) atoms. The quantitative estimate of drug-likeness (QED) is 0.912. The largest absolute Gasteiger partial charge is 0.486 e. The third-order valence-electron chi connectivity index (χ3n) is 3.21. The Bertz CT molecular complexity index is 710. The summed E-state index contributed by atoms with van der Waals surface area (Å²) in [6.45, 7) is 2.98. The number of halogens is 1. The number of carboxylic acids is 1. The topological polar surface area (TPSA) is 81.8 Å². The van der Waals surface area contributed by atoms with Gasteiger partial charge in [0.15, 0.2) is 23.0 Å². The Kier molecular flexibility index (Phi) is 3.59. The Morgan fingerprint density at radius 1 is 1.38 bits per heavy atom. The van der Waals surface area contributed by atoms with Crippen LogP contribution in [-0.2, 0) is 6.42 Å². The summed E-state index contributed by atoms with van der Waals surface area (Å²) in [6.07, 6.45) is 0.684. The summed E-state index contributed by atoms with van der Waals surface area (Å²) < 4.78 is 17.2. The van der Waals surface area contributed by atoms with Crippen molar-refractivity contribution in [2.24, 2.45) is 0 Å². The van der Waals surface area contributed by atoms with Crippen molar-refractivity contribution in [2.45, 2.75) is 13.3 Å². The molecule has 0 atom stereocenters. The van der Waals surface area contributed by atoms with Crippen molar-refractivity contribution >= 4 is 21.9 Å². The second-order valence-corrected chi connectivity index (χ2v) is 5.33. The van der Waals surface area contributed by atoms with Gasteiger partial charge in [-0.1, -0.05) is 12.1 Å². The third-order valence-corrected chi connectivity index (χ3v) is 3.84. The summed E-state index contributed by atoms with van der Waals surface area (Å²) in [4.78, 5) is 10.9. The number of rotatable bonds is 3. The Labute approximate surface area is 128 Å². The molecule has 6 nitrogen and oxygen atoms in total. The molecule has 0 unspecified atom stereocenters. The van der Waals surface area contributed by atoms with E-state index in [0.717, 1.165) is 15.6 Å². The number of carbonyl (C=O) groups is 1. The Hall–Kier alpha value is -2.02. The minimum atomic E-state index is -1.13. The van der Waals surface area contributed by atoms with Crippen molar-refractivity contribution in [2.75, 3.05) is 13.2 Å². The lowest BCUT2D eigenvalue weighted by Crippen LogP contribution is -2.17. The molecule has 2 aromatic rings. The molecular formula is C14H12BrNO5. The zero-order valence-corrected chi connectivity index (χ0v) is 12.8. The first kappa shape index (κ1) is 13.9. The van der Waals surface area contributed by atoms with Crippen LogP contribution in [0.15, 0.2) is 21.1 Å². The molecule has 1 aliphatic heterocycles. The minimum absolute atomic E-state index is 0.131. The van der Waals surface area contributed by atoms with Crippen molar-refractivity contribution in [3.8, 4) is 22.8 Å². The third kappa shape index (κ3) is 2.37. The maximum absolute atomic E-state index is 10.9. The zero-order valence-electron chi connectivity index (χ0n) is 11.2. The molecule has 0 aliphatic carbocycles. The van der Waals surface area contributed by atoms with Crippen LogP contribution in [0.2, 0.25) is 0 Å². The van der Waals surface area contributed by atoms with E-state index >= 15 is 0 Å². The van der Waals surface area contributed by atoms with E-state index < -0.39 is 5.97 Å². The molecule has 1 aromatic heterocycles. The van der Waals surface area contributed by atoms with Gasteiger partial charge in [0.05, 0.1) is 0 Å². The lowest BCUT2D eigenvalue weighted by Gasteiger charge is -2.23. The van der Waals surface area contributed by atoms with Crippen LogP contribution in [0.4, 0.5) is 0 Å². The van der Waals surface area contributed by atoms with E-state index in [2.05, 4.69) is 21.1 Å². The highest BCUT2D eigenvalue weighted by Gasteiger charge is 2.25. The average molecular weight is 354 g/mol. The summed E-state index contributed by atoms with van der Waals surface area (Å²) >= 11 is 3.48. The van der Waals surface area contributed by atoms with Crippen molar-refractivity contribution in [1.82, 2.24) is 5.16 Å². The first-order valence-corrected chi connectivity index (χ1v) is 7.22. The Morgan fingerprint density at radius 3 is 2.81 bits per heavy atom. The number of nitrogens with zero attached hydrogens (tertiary/aromatic N) is 1. The van der Waals surface area contributed by atoms with Crippen LogP contribution in [0.5, 0.6) is 11.5 Å². The molecule has 0 amide bonds. The number of benzene rings is 1. The van der Waals surface area contributed by atoms with E-state index in [1.165, 1.54) is 6.07 Å². The van der Waals surface area contributed by atoms with Crippen LogP contribution in [0, 0.1) is 0 Å². The number of ether oxygens (including phenoxy) is 2. The monoisotopic (exact) mass is 353 g/mol. The molecule has 0 bridgehead atoms. The zero-order chi connectivity index (χ0) is 15.0. The molecule has 0 saturated carbocycles. The summed E-state index contributed by atoms with van der Waals surface area (Å²) in [5.74, 6) is 0.603. The van der Waals surface area contributed by atoms with Crippen LogP contribution >= 0.6 is 15.9 Å². The first-order valence-electron chi connectivity index (χ1n) is 6.43. The number of carboxylic acid groups (broad SMARTS) is 1. The second kappa shape index (κ2) is 5.40. The smallest absolute Gasteiger partial charge is 0.358 e. The first-order chi connectivity index (χ1) is 10.1. The fraction of sp³-hybridized carbons (Fsp3) is 0.286. The molecule has 1 N–H and O–H groups in total. The highest BCUT2D eigenvalue weighted by Crippen LogP contribution is 2.44. The molecule has 0 fully saturated rings. The van der Waals surface area contributed by atoms with Crippen LogP contribution in [0.1, 0.15) is 23.0 Å². The molecule has 3 rings (SSSR count). The van der Waals surface area contributed by atoms with Crippen molar-refractivity contribution in [1.29, 1.82) is 0 Å². The van der Waals surface area contributed by atoms with Crippen molar-refractivity contribution < 1.29 is 23.9 Å². The van der Waals surface area contributed by atoms with Gasteiger partial charge in [-0.05, 0) is 28.4 Å². The molecule has 2 heterocycles. The predicted octanol–water partition coefficient (Wildman–Crippen LogP) is 3.14. The normalized spacial score (nSPS) is 13.2. The van der Waals surface area contributed by atoms with E-state index in [-0.39, 0.29) is 5.69 Å². The van der Waals surface area contributed by atoms with Crippen LogP contribution in [0.25, 0.3) is 11.3 Å². The molecule has 1 aromatic carbocycles. The van der Waals surface area contributed by atoms with Gasteiger partial charge in [0.25, 0.3) is 0 Å². The number of aromatic carboxylic acids is 1. The van der Waals surface area contributed by atoms with Crippen molar-refractivity contribution in [3.05, 3.63) is 27.9 Å². The van der Waals surface area contributed by atoms with Gasteiger partial charge in [-0.25, -0.2) is 4.79 Å². The van der Waals surface area contributed by atoms with Crippen molar-refractivity contribution in [3.63, 3.8) is 0 Å². The fourth-order valence-corrected chi connectivity index (χ4v) is 2.96. The number of aromatic nitrogens is 1. The highest BCUT2D eigenvalue weighted by molar-refractivity contribution is 9.10. The summed E-state index contributed by atoms with van der Waals surface area (Å²) in [5, 5.41) is 12.5. The SMILES string of the molecule is CCc1c2c(cc(Br)c1-c1cc(C(=O)O)no1)OCCO2. The Balaban J connectivity index is 2.18. The molecule has 1 aliphatic rings. The predicted molar refractivity (Wildman–Crippen MR) is 77.0 cm³/mol. The minimum Gasteiger partial charge on any atom is -0.486 e. The van der Waals surface area contributed by atoms with Gasteiger partial charge in [-0.3, -0.25) is 0 Å². The lowest BCUT2D eigenvalue weighted by atomic mass is 10.0. The summed E-state index contributed by atoms with van der Waals surface area (Å²) in [7, 11) is 0. The summed E-state index contributed by atoms with van der Waals surface area (Å²) in [5.41, 5.74) is 1.50. The molecule has 0 spiro atoms. The number of hydrogen-bond acceptors (Lipinski definition) is 5. The standard InChI is InChI=1S/C14H12BrNO5/c1-2-7-12(10-6-9(14(17)18)16-21-10)8(15)5-11-13(7)20-4-3-19-11/h5-6H,2-4H2,1H3,(H,17,18). The molecule has 7 heteroatoms. The maximum atomic E-state index is 10.9.